The van der Waals surface area contributed by atoms with Gasteiger partial charge < -0.3 is 14.6 Å². The number of aliphatic hydroxyl groups excluding tert-OH is 1. The zero-order valence-electron chi connectivity index (χ0n) is 20.8. The maximum atomic E-state index is 10.6. The number of hydrogen-bond acceptors (Lipinski definition) is 5. The number of para-hydroxylation sites is 3. The summed E-state index contributed by atoms with van der Waals surface area (Å²) in [4.78, 5) is 2.28. The van der Waals surface area contributed by atoms with Gasteiger partial charge >= 0.3 is 0 Å². The average Bonchev–Trinajstić information content (AvgIpc) is 3.13. The second-order valence-electron chi connectivity index (χ2n) is 8.98. The van der Waals surface area contributed by atoms with E-state index in [0.29, 0.717) is 42.8 Å². The fourth-order valence-corrected chi connectivity index (χ4v) is 4.02. The number of nitrogens with zero attached hydrogens (tertiary/aromatic N) is 3. The highest BCUT2D eigenvalue weighted by Gasteiger charge is 2.23. The Morgan fingerprint density at radius 3 is 2.38 bits per heavy atom. The normalized spacial score (nSPS) is 12.2. The van der Waals surface area contributed by atoms with Crippen LogP contribution in [0.1, 0.15) is 37.9 Å². The summed E-state index contributed by atoms with van der Waals surface area (Å²) in [5.41, 5.74) is 2.80. The molecule has 1 N–H and O–H groups in total. The van der Waals surface area contributed by atoms with E-state index in [0.717, 1.165) is 29.9 Å². The van der Waals surface area contributed by atoms with Gasteiger partial charge in [-0.2, -0.15) is 5.10 Å². The number of aromatic nitrogens is 2. The molecule has 0 aliphatic carbocycles. The third-order valence-electron chi connectivity index (χ3n) is 5.59. The molecule has 34 heavy (non-hydrogen) atoms. The first kappa shape index (κ1) is 25.5. The van der Waals surface area contributed by atoms with Crippen molar-refractivity contribution in [3.63, 3.8) is 0 Å². The van der Waals surface area contributed by atoms with Crippen LogP contribution in [0.2, 0.25) is 0 Å². The minimum absolute atomic E-state index is 0.417. The Bertz CT molecular complexity index is 1050. The molecule has 0 saturated carbocycles. The summed E-state index contributed by atoms with van der Waals surface area (Å²) in [6.07, 6.45) is 2.93. The molecule has 2 aromatic carbocycles. The van der Waals surface area contributed by atoms with Crippen LogP contribution in [0, 0.1) is 12.8 Å². The maximum absolute atomic E-state index is 10.6. The third kappa shape index (κ3) is 6.72. The number of benzene rings is 2. The van der Waals surface area contributed by atoms with Gasteiger partial charge in [-0.25, -0.2) is 4.68 Å². The van der Waals surface area contributed by atoms with Crippen molar-refractivity contribution in [2.24, 2.45) is 5.92 Å². The van der Waals surface area contributed by atoms with Gasteiger partial charge in [0.25, 0.3) is 0 Å². The van der Waals surface area contributed by atoms with Crippen molar-refractivity contribution in [2.45, 2.75) is 46.3 Å². The number of methoxy groups -OCH3 is 1. The highest BCUT2D eigenvalue weighted by Crippen LogP contribution is 2.36. The molecular formula is C28H37N3O3. The van der Waals surface area contributed by atoms with E-state index >= 15 is 0 Å². The molecule has 1 heterocycles. The van der Waals surface area contributed by atoms with Gasteiger partial charge in [0, 0.05) is 19.6 Å². The lowest BCUT2D eigenvalue weighted by molar-refractivity contribution is 0.0951. The lowest BCUT2D eigenvalue weighted by atomic mass is 10.1. The Morgan fingerprint density at radius 2 is 1.74 bits per heavy atom. The van der Waals surface area contributed by atoms with Gasteiger partial charge in [-0.3, -0.25) is 4.90 Å². The lowest BCUT2D eigenvalue weighted by Gasteiger charge is -2.27. The van der Waals surface area contributed by atoms with Crippen molar-refractivity contribution in [3.8, 4) is 23.1 Å². The van der Waals surface area contributed by atoms with Crippen LogP contribution in [0.4, 0.5) is 0 Å². The minimum Gasteiger partial charge on any atom is -0.493 e. The van der Waals surface area contributed by atoms with Gasteiger partial charge in [0.2, 0.25) is 5.88 Å². The van der Waals surface area contributed by atoms with Crippen molar-refractivity contribution in [2.75, 3.05) is 20.2 Å². The molecule has 0 radical (unpaired) electrons. The van der Waals surface area contributed by atoms with Crippen molar-refractivity contribution in [3.05, 3.63) is 78.5 Å². The molecule has 6 heteroatoms. The molecule has 0 amide bonds. The number of hydrogen-bond donors (Lipinski definition) is 1. The summed E-state index contributed by atoms with van der Waals surface area (Å²) in [5, 5.41) is 15.5. The first-order valence-electron chi connectivity index (χ1n) is 11.9. The van der Waals surface area contributed by atoms with E-state index in [1.165, 1.54) is 0 Å². The molecule has 0 fully saturated rings. The van der Waals surface area contributed by atoms with Crippen molar-refractivity contribution in [1.29, 1.82) is 0 Å². The Kier molecular flexibility index (Phi) is 9.31. The van der Waals surface area contributed by atoms with E-state index in [9.17, 15) is 5.11 Å². The van der Waals surface area contributed by atoms with Crippen LogP contribution >= 0.6 is 0 Å². The van der Waals surface area contributed by atoms with Crippen LogP contribution in [0.3, 0.4) is 0 Å². The maximum Gasteiger partial charge on any atom is 0.227 e. The molecule has 0 bridgehead atoms. The van der Waals surface area contributed by atoms with Crippen LogP contribution in [0.15, 0.2) is 67.3 Å². The fraction of sp³-hybridized carbons (Fsp3) is 0.393. The minimum atomic E-state index is -0.417. The predicted molar refractivity (Wildman–Crippen MR) is 137 cm³/mol. The number of aliphatic hydroxyl groups is 1. The molecule has 1 aromatic heterocycles. The Balaban J connectivity index is 2.00. The van der Waals surface area contributed by atoms with E-state index in [2.05, 4.69) is 25.3 Å². The van der Waals surface area contributed by atoms with Crippen LogP contribution in [0.25, 0.3) is 5.69 Å². The summed E-state index contributed by atoms with van der Waals surface area (Å²) in [6.45, 7) is 12.2. The molecule has 0 spiro atoms. The molecule has 0 aliphatic rings. The molecular weight excluding hydrogens is 426 g/mol. The molecule has 0 aliphatic heterocycles. The van der Waals surface area contributed by atoms with E-state index in [1.807, 2.05) is 72.3 Å². The lowest BCUT2D eigenvalue weighted by Crippen LogP contribution is -2.35. The second kappa shape index (κ2) is 12.4. The molecule has 3 aromatic rings. The topological polar surface area (TPSA) is 59.8 Å². The van der Waals surface area contributed by atoms with Gasteiger partial charge in [-0.05, 0) is 49.9 Å². The number of aryl methyl sites for hydroxylation is 1. The van der Waals surface area contributed by atoms with E-state index in [-0.39, 0.29) is 0 Å². The molecule has 3 rings (SSSR count). The third-order valence-corrected chi connectivity index (χ3v) is 5.59. The van der Waals surface area contributed by atoms with E-state index < -0.39 is 6.10 Å². The first-order chi connectivity index (χ1) is 16.4. The van der Waals surface area contributed by atoms with Crippen LogP contribution in [-0.2, 0) is 6.54 Å². The van der Waals surface area contributed by atoms with Gasteiger partial charge in [0.15, 0.2) is 11.5 Å². The molecule has 1 atom stereocenters. The molecule has 1 unspecified atom stereocenters. The largest absolute Gasteiger partial charge is 0.493 e. The van der Waals surface area contributed by atoms with Crippen LogP contribution in [-0.4, -0.2) is 46.1 Å². The summed E-state index contributed by atoms with van der Waals surface area (Å²) in [7, 11) is 1.64. The Hall–Kier alpha value is -3.09. The highest BCUT2D eigenvalue weighted by molar-refractivity contribution is 5.47. The SMILES string of the molecule is C=CCCC(O)CN(Cc1c(C)nn(-c2ccccc2)c1Oc1ccccc1OC)CC(C)C. The zero-order valence-corrected chi connectivity index (χ0v) is 20.8. The molecule has 0 saturated heterocycles. The first-order valence-corrected chi connectivity index (χ1v) is 11.9. The number of ether oxygens (including phenoxy) is 2. The van der Waals surface area contributed by atoms with Crippen LogP contribution in [0.5, 0.6) is 17.4 Å². The Morgan fingerprint density at radius 1 is 1.06 bits per heavy atom. The second-order valence-corrected chi connectivity index (χ2v) is 8.98. The highest BCUT2D eigenvalue weighted by atomic mass is 16.5. The number of rotatable bonds is 13. The standard InChI is InChI=1S/C28H37N3O3/c1-6-7-15-24(32)19-30(18-21(2)3)20-25-22(4)29-31(23-13-9-8-10-14-23)28(25)34-27-17-12-11-16-26(27)33-5/h6,8-14,16-17,21,24,32H,1,7,15,18-20H2,2-5H3. The van der Waals surface area contributed by atoms with E-state index in [1.54, 1.807) is 7.11 Å². The predicted octanol–water partition coefficient (Wildman–Crippen LogP) is 5.77. The average molecular weight is 464 g/mol. The fourth-order valence-electron chi connectivity index (χ4n) is 4.02. The Labute approximate surface area is 203 Å². The number of allylic oxidation sites excluding steroid dienone is 1. The van der Waals surface area contributed by atoms with E-state index in [4.69, 9.17) is 14.6 Å². The van der Waals surface area contributed by atoms with Gasteiger partial charge in [-0.1, -0.05) is 50.3 Å². The summed E-state index contributed by atoms with van der Waals surface area (Å²) >= 11 is 0. The summed E-state index contributed by atoms with van der Waals surface area (Å²) in [6, 6.07) is 17.6. The van der Waals surface area contributed by atoms with Gasteiger partial charge in [-0.15, -0.1) is 6.58 Å². The van der Waals surface area contributed by atoms with Crippen molar-refractivity contribution >= 4 is 0 Å². The van der Waals surface area contributed by atoms with Crippen molar-refractivity contribution in [1.82, 2.24) is 14.7 Å². The van der Waals surface area contributed by atoms with Gasteiger partial charge in [0.05, 0.1) is 30.2 Å². The molecule has 6 nitrogen and oxygen atoms in total. The smallest absolute Gasteiger partial charge is 0.227 e. The molecule has 182 valence electrons. The van der Waals surface area contributed by atoms with Gasteiger partial charge in [0.1, 0.15) is 0 Å². The summed E-state index contributed by atoms with van der Waals surface area (Å²) in [5.74, 6) is 2.40. The van der Waals surface area contributed by atoms with Crippen molar-refractivity contribution < 1.29 is 14.6 Å². The van der Waals surface area contributed by atoms with Crippen LogP contribution < -0.4 is 9.47 Å². The zero-order chi connectivity index (χ0) is 24.5. The monoisotopic (exact) mass is 463 g/mol. The summed E-state index contributed by atoms with van der Waals surface area (Å²) < 4.78 is 13.9. The quantitative estimate of drug-likeness (QED) is 0.326.